The first-order chi connectivity index (χ1) is 6.31. The summed E-state index contributed by atoms with van der Waals surface area (Å²) in [6.45, 7) is 0. The van der Waals surface area contributed by atoms with Gasteiger partial charge in [-0.3, -0.25) is 10.2 Å². The number of hydrogen-bond donors (Lipinski definition) is 3. The van der Waals surface area contributed by atoms with Gasteiger partial charge in [0.25, 0.3) is 5.91 Å². The minimum atomic E-state index is -0.274. The molecule has 68 valence electrons. The molecule has 0 aromatic rings. The summed E-state index contributed by atoms with van der Waals surface area (Å²) < 4.78 is 0. The summed E-state index contributed by atoms with van der Waals surface area (Å²) in [5, 5.41) is 3.06. The summed E-state index contributed by atoms with van der Waals surface area (Å²) in [5.41, 5.74) is 2.66. The standard InChI is InChI=1S/C8H10N4O/c9-11-8(13)6-1-3-12-4-2-10-7(12)5-6/h1-5,7,10H,9H2,(H,11,13). The molecular formula is C8H10N4O. The first-order valence-electron chi connectivity index (χ1n) is 3.92. The zero-order valence-electron chi connectivity index (χ0n) is 6.90. The topological polar surface area (TPSA) is 70.4 Å². The Morgan fingerprint density at radius 2 is 2.46 bits per heavy atom. The summed E-state index contributed by atoms with van der Waals surface area (Å²) in [6, 6.07) is 0. The molecule has 0 aromatic carbocycles. The van der Waals surface area contributed by atoms with Crippen LogP contribution < -0.4 is 16.6 Å². The van der Waals surface area contributed by atoms with E-state index in [4.69, 9.17) is 5.84 Å². The van der Waals surface area contributed by atoms with E-state index in [0.717, 1.165) is 0 Å². The van der Waals surface area contributed by atoms with Crippen molar-refractivity contribution in [3.05, 3.63) is 36.3 Å². The van der Waals surface area contributed by atoms with Gasteiger partial charge in [0.15, 0.2) is 0 Å². The number of nitrogens with one attached hydrogen (secondary N) is 2. The number of fused-ring (bicyclic) bond motifs is 1. The Labute approximate surface area is 75.5 Å². The van der Waals surface area contributed by atoms with Crippen LogP contribution in [0.1, 0.15) is 0 Å². The van der Waals surface area contributed by atoms with Crippen LogP contribution in [0.15, 0.2) is 36.3 Å². The number of nitrogens with two attached hydrogens (primary N) is 1. The smallest absolute Gasteiger partial charge is 0.265 e. The van der Waals surface area contributed by atoms with Gasteiger partial charge in [0.1, 0.15) is 6.17 Å². The molecule has 2 aliphatic heterocycles. The lowest BCUT2D eigenvalue weighted by Gasteiger charge is -2.22. The van der Waals surface area contributed by atoms with Crippen LogP contribution in [0.25, 0.3) is 0 Å². The Morgan fingerprint density at radius 1 is 1.62 bits per heavy atom. The number of carbonyl (C=O) groups excluding carboxylic acids is 1. The van der Waals surface area contributed by atoms with E-state index < -0.39 is 0 Å². The number of hydrazine groups is 1. The largest absolute Gasteiger partial charge is 0.366 e. The van der Waals surface area contributed by atoms with Crippen LogP contribution in [0, 0.1) is 0 Å². The Kier molecular flexibility index (Phi) is 1.79. The molecule has 2 heterocycles. The molecule has 0 saturated carbocycles. The lowest BCUT2D eigenvalue weighted by atomic mass is 10.1. The summed E-state index contributed by atoms with van der Waals surface area (Å²) in [4.78, 5) is 13.1. The van der Waals surface area contributed by atoms with Crippen LogP contribution in [-0.4, -0.2) is 17.0 Å². The fraction of sp³-hybridized carbons (Fsp3) is 0.125. The van der Waals surface area contributed by atoms with E-state index in [1.807, 2.05) is 29.6 Å². The van der Waals surface area contributed by atoms with E-state index in [-0.39, 0.29) is 12.1 Å². The van der Waals surface area contributed by atoms with Crippen molar-refractivity contribution in [2.45, 2.75) is 6.17 Å². The van der Waals surface area contributed by atoms with Crippen LogP contribution >= 0.6 is 0 Å². The van der Waals surface area contributed by atoms with Crippen molar-refractivity contribution in [3.63, 3.8) is 0 Å². The van der Waals surface area contributed by atoms with Gasteiger partial charge in [-0.1, -0.05) is 0 Å². The summed E-state index contributed by atoms with van der Waals surface area (Å²) in [7, 11) is 0. The number of nitrogens with zero attached hydrogens (tertiary/aromatic N) is 1. The van der Waals surface area contributed by atoms with Crippen molar-refractivity contribution >= 4 is 5.91 Å². The minimum Gasteiger partial charge on any atom is -0.366 e. The van der Waals surface area contributed by atoms with Gasteiger partial charge in [0.05, 0.1) is 0 Å². The van der Waals surface area contributed by atoms with E-state index in [9.17, 15) is 4.79 Å². The zero-order valence-corrected chi connectivity index (χ0v) is 6.90. The molecule has 0 saturated heterocycles. The van der Waals surface area contributed by atoms with Gasteiger partial charge in [-0.2, -0.15) is 0 Å². The SMILES string of the molecule is NNC(=O)C1=CC2NC=CN2C=C1. The van der Waals surface area contributed by atoms with Gasteiger partial charge in [0, 0.05) is 24.2 Å². The second kappa shape index (κ2) is 2.95. The molecular weight excluding hydrogens is 168 g/mol. The Morgan fingerprint density at radius 3 is 3.23 bits per heavy atom. The third kappa shape index (κ3) is 1.29. The van der Waals surface area contributed by atoms with Gasteiger partial charge in [-0.25, -0.2) is 5.84 Å². The summed E-state index contributed by atoms with van der Waals surface area (Å²) >= 11 is 0. The van der Waals surface area contributed by atoms with Crippen LogP contribution in [-0.2, 0) is 4.79 Å². The van der Waals surface area contributed by atoms with E-state index in [1.165, 1.54) is 0 Å². The molecule has 0 aromatic heterocycles. The Hall–Kier alpha value is -1.75. The van der Waals surface area contributed by atoms with Crippen molar-refractivity contribution in [2.24, 2.45) is 5.84 Å². The lowest BCUT2D eigenvalue weighted by molar-refractivity contribution is -0.117. The second-order valence-corrected chi connectivity index (χ2v) is 2.79. The lowest BCUT2D eigenvalue weighted by Crippen LogP contribution is -2.36. The zero-order chi connectivity index (χ0) is 9.26. The third-order valence-corrected chi connectivity index (χ3v) is 1.99. The van der Waals surface area contributed by atoms with Gasteiger partial charge < -0.3 is 10.2 Å². The van der Waals surface area contributed by atoms with Crippen molar-refractivity contribution in [1.82, 2.24) is 15.6 Å². The monoisotopic (exact) mass is 178 g/mol. The number of amides is 1. The Balaban J connectivity index is 2.17. The van der Waals surface area contributed by atoms with Crippen LogP contribution in [0.3, 0.4) is 0 Å². The maximum Gasteiger partial charge on any atom is 0.265 e. The predicted molar refractivity (Wildman–Crippen MR) is 47.5 cm³/mol. The van der Waals surface area contributed by atoms with E-state index >= 15 is 0 Å². The normalized spacial score (nSPS) is 23.6. The highest BCUT2D eigenvalue weighted by atomic mass is 16.2. The first-order valence-corrected chi connectivity index (χ1v) is 3.92. The minimum absolute atomic E-state index is 0.0392. The maximum absolute atomic E-state index is 11.1. The molecule has 0 aliphatic carbocycles. The average Bonchev–Trinajstić information content (AvgIpc) is 2.63. The molecule has 4 N–H and O–H groups in total. The van der Waals surface area contributed by atoms with Gasteiger partial charge in [-0.05, 0) is 12.2 Å². The predicted octanol–water partition coefficient (Wildman–Crippen LogP) is -0.868. The van der Waals surface area contributed by atoms with Crippen LogP contribution in [0.5, 0.6) is 0 Å². The first kappa shape index (κ1) is 7.88. The molecule has 2 rings (SSSR count). The Bertz CT molecular complexity index is 318. The fourth-order valence-electron chi connectivity index (χ4n) is 1.31. The molecule has 1 atom stereocenters. The van der Waals surface area contributed by atoms with E-state index in [0.29, 0.717) is 5.57 Å². The van der Waals surface area contributed by atoms with E-state index in [1.54, 1.807) is 6.08 Å². The van der Waals surface area contributed by atoms with Crippen molar-refractivity contribution in [2.75, 3.05) is 0 Å². The highest BCUT2D eigenvalue weighted by molar-refractivity contribution is 5.96. The third-order valence-electron chi connectivity index (χ3n) is 1.99. The summed E-state index contributed by atoms with van der Waals surface area (Å²) in [5.74, 6) is 4.74. The molecule has 1 amide bonds. The molecule has 1 unspecified atom stereocenters. The van der Waals surface area contributed by atoms with Gasteiger partial charge >= 0.3 is 0 Å². The van der Waals surface area contributed by atoms with Crippen molar-refractivity contribution < 1.29 is 4.79 Å². The number of hydrogen-bond acceptors (Lipinski definition) is 4. The van der Waals surface area contributed by atoms with E-state index in [2.05, 4.69) is 10.7 Å². The molecule has 13 heavy (non-hydrogen) atoms. The maximum atomic E-state index is 11.1. The average molecular weight is 178 g/mol. The second-order valence-electron chi connectivity index (χ2n) is 2.79. The molecule has 5 nitrogen and oxygen atoms in total. The number of carbonyl (C=O) groups is 1. The van der Waals surface area contributed by atoms with Gasteiger partial charge in [-0.15, -0.1) is 0 Å². The summed E-state index contributed by atoms with van der Waals surface area (Å²) in [6.07, 6.45) is 9.12. The number of rotatable bonds is 1. The quantitative estimate of drug-likeness (QED) is 0.277. The van der Waals surface area contributed by atoms with Crippen LogP contribution in [0.2, 0.25) is 0 Å². The van der Waals surface area contributed by atoms with Crippen LogP contribution in [0.4, 0.5) is 0 Å². The van der Waals surface area contributed by atoms with Gasteiger partial charge in [0.2, 0.25) is 0 Å². The van der Waals surface area contributed by atoms with Crippen molar-refractivity contribution in [1.29, 1.82) is 0 Å². The molecule has 0 radical (unpaired) electrons. The highest BCUT2D eigenvalue weighted by Crippen LogP contribution is 2.15. The molecule has 0 fully saturated rings. The molecule has 0 bridgehead atoms. The molecule has 5 heteroatoms. The highest BCUT2D eigenvalue weighted by Gasteiger charge is 2.19. The molecule has 2 aliphatic rings. The fourth-order valence-corrected chi connectivity index (χ4v) is 1.31. The molecule has 0 spiro atoms. The van der Waals surface area contributed by atoms with Crippen molar-refractivity contribution in [3.8, 4) is 0 Å².